The Labute approximate surface area is 135 Å². The molecule has 0 bridgehead atoms. The van der Waals surface area contributed by atoms with Crippen molar-refractivity contribution in [3.05, 3.63) is 62.8 Å². The Kier molecular flexibility index (Phi) is 4.29. The Morgan fingerprint density at radius 3 is 2.87 bits per heavy atom. The lowest BCUT2D eigenvalue weighted by Gasteiger charge is -2.05. The molecular weight excluding hydrogens is 314 g/mol. The summed E-state index contributed by atoms with van der Waals surface area (Å²) in [6, 6.07) is 7.07. The Morgan fingerprint density at radius 2 is 2.17 bits per heavy atom. The van der Waals surface area contributed by atoms with Gasteiger partial charge in [-0.3, -0.25) is 14.6 Å². The van der Waals surface area contributed by atoms with Gasteiger partial charge in [0.05, 0.1) is 0 Å². The molecule has 0 aliphatic heterocycles. The molecule has 0 aliphatic carbocycles. The minimum absolute atomic E-state index is 0.160. The molecule has 6 nitrogen and oxygen atoms in total. The number of pyridine rings is 1. The topological polar surface area (TPSA) is 95.9 Å². The van der Waals surface area contributed by atoms with Crippen LogP contribution >= 0.6 is 11.3 Å². The Hall–Kier alpha value is -2.80. The number of aromatic nitrogens is 3. The van der Waals surface area contributed by atoms with Gasteiger partial charge in [-0.05, 0) is 40.9 Å². The van der Waals surface area contributed by atoms with E-state index in [4.69, 9.17) is 0 Å². The SMILES string of the molecule is O=C(CCc1ccsc1)c1nc(-c2ccccn2)[nH]c(=O)c1O. The van der Waals surface area contributed by atoms with E-state index < -0.39 is 11.3 Å². The predicted molar refractivity (Wildman–Crippen MR) is 86.7 cm³/mol. The Bertz CT molecular complexity index is 873. The summed E-state index contributed by atoms with van der Waals surface area (Å²) >= 11 is 1.55. The molecule has 7 heteroatoms. The highest BCUT2D eigenvalue weighted by Gasteiger charge is 2.18. The van der Waals surface area contributed by atoms with Crippen molar-refractivity contribution < 1.29 is 9.90 Å². The first-order chi connectivity index (χ1) is 11.1. The fraction of sp³-hybridized carbons (Fsp3) is 0.125. The quantitative estimate of drug-likeness (QED) is 0.702. The van der Waals surface area contributed by atoms with Gasteiger partial charge in [0.1, 0.15) is 5.69 Å². The molecule has 116 valence electrons. The van der Waals surface area contributed by atoms with Gasteiger partial charge in [0.25, 0.3) is 5.56 Å². The van der Waals surface area contributed by atoms with Gasteiger partial charge in [-0.15, -0.1) is 0 Å². The maximum Gasteiger partial charge on any atom is 0.294 e. The van der Waals surface area contributed by atoms with Gasteiger partial charge >= 0.3 is 0 Å². The predicted octanol–water partition coefficient (Wildman–Crippen LogP) is 2.41. The van der Waals surface area contributed by atoms with Gasteiger partial charge in [0.15, 0.2) is 17.3 Å². The molecule has 3 aromatic heterocycles. The molecule has 0 aromatic carbocycles. The second-order valence-electron chi connectivity index (χ2n) is 4.88. The highest BCUT2D eigenvalue weighted by molar-refractivity contribution is 7.07. The van der Waals surface area contributed by atoms with Crippen molar-refractivity contribution in [3.63, 3.8) is 0 Å². The first kappa shape index (κ1) is 15.1. The Balaban J connectivity index is 1.90. The summed E-state index contributed by atoms with van der Waals surface area (Å²) in [5, 5.41) is 13.7. The number of rotatable bonds is 5. The first-order valence-electron chi connectivity index (χ1n) is 6.94. The zero-order valence-electron chi connectivity index (χ0n) is 12.0. The van der Waals surface area contributed by atoms with E-state index in [1.807, 2.05) is 16.8 Å². The third-order valence-electron chi connectivity index (χ3n) is 3.29. The highest BCUT2D eigenvalue weighted by Crippen LogP contribution is 2.17. The van der Waals surface area contributed by atoms with E-state index in [1.165, 1.54) is 0 Å². The van der Waals surface area contributed by atoms with Crippen molar-refractivity contribution in [1.82, 2.24) is 15.0 Å². The minimum atomic E-state index is -0.750. The fourth-order valence-electron chi connectivity index (χ4n) is 2.10. The van der Waals surface area contributed by atoms with Gasteiger partial charge in [-0.25, -0.2) is 4.98 Å². The first-order valence-corrected chi connectivity index (χ1v) is 7.88. The number of carbonyl (C=O) groups is 1. The molecule has 0 unspecified atom stereocenters. The molecule has 0 amide bonds. The van der Waals surface area contributed by atoms with Crippen molar-refractivity contribution >= 4 is 17.1 Å². The summed E-state index contributed by atoms with van der Waals surface area (Å²) in [4.78, 5) is 34.7. The summed E-state index contributed by atoms with van der Waals surface area (Å²) in [5.74, 6) is -0.871. The fourth-order valence-corrected chi connectivity index (χ4v) is 2.80. The average molecular weight is 327 g/mol. The molecule has 23 heavy (non-hydrogen) atoms. The zero-order valence-corrected chi connectivity index (χ0v) is 12.8. The van der Waals surface area contributed by atoms with Crippen molar-refractivity contribution in [2.75, 3.05) is 0 Å². The molecule has 0 aliphatic rings. The molecule has 3 rings (SSSR count). The van der Waals surface area contributed by atoms with E-state index in [1.54, 1.807) is 35.7 Å². The molecule has 0 spiro atoms. The molecule has 2 N–H and O–H groups in total. The smallest absolute Gasteiger partial charge is 0.294 e. The van der Waals surface area contributed by atoms with E-state index in [2.05, 4.69) is 15.0 Å². The lowest BCUT2D eigenvalue weighted by atomic mass is 10.1. The van der Waals surface area contributed by atoms with Crippen LogP contribution in [0, 0.1) is 0 Å². The number of hydrogen-bond acceptors (Lipinski definition) is 6. The number of nitrogens with one attached hydrogen (secondary N) is 1. The van der Waals surface area contributed by atoms with E-state index in [-0.39, 0.29) is 23.7 Å². The van der Waals surface area contributed by atoms with Crippen LogP contribution in [0.2, 0.25) is 0 Å². The number of ketones is 1. The summed E-state index contributed by atoms with van der Waals surface area (Å²) in [6.45, 7) is 0. The van der Waals surface area contributed by atoms with Crippen molar-refractivity contribution in [2.24, 2.45) is 0 Å². The monoisotopic (exact) mass is 327 g/mol. The third kappa shape index (κ3) is 3.35. The van der Waals surface area contributed by atoms with Crippen LogP contribution in [0.25, 0.3) is 11.5 Å². The summed E-state index contributed by atoms with van der Waals surface area (Å²) in [5.41, 5.74) is 0.498. The molecule has 0 fully saturated rings. The molecule has 0 saturated heterocycles. The van der Waals surface area contributed by atoms with Crippen molar-refractivity contribution in [3.8, 4) is 17.3 Å². The lowest BCUT2D eigenvalue weighted by molar-refractivity contribution is 0.0975. The van der Waals surface area contributed by atoms with Crippen LogP contribution in [0.1, 0.15) is 22.5 Å². The normalized spacial score (nSPS) is 10.6. The average Bonchev–Trinajstić information content (AvgIpc) is 3.09. The van der Waals surface area contributed by atoms with Crippen LogP contribution in [0.5, 0.6) is 5.75 Å². The number of Topliss-reactive ketones (excluding diaryl/α,β-unsaturated/α-hetero) is 1. The van der Waals surface area contributed by atoms with Gasteiger partial charge in [-0.1, -0.05) is 6.07 Å². The number of thiophene rings is 1. The largest absolute Gasteiger partial charge is 0.501 e. The molecule has 3 aromatic rings. The van der Waals surface area contributed by atoms with Gasteiger partial charge in [0, 0.05) is 12.6 Å². The second-order valence-corrected chi connectivity index (χ2v) is 5.66. The molecule has 0 atom stereocenters. The van der Waals surface area contributed by atoms with Crippen LogP contribution < -0.4 is 5.56 Å². The molecule has 0 saturated carbocycles. The number of aromatic amines is 1. The summed E-state index contributed by atoms with van der Waals surface area (Å²) < 4.78 is 0. The van der Waals surface area contributed by atoms with Crippen LogP contribution in [0.3, 0.4) is 0 Å². The van der Waals surface area contributed by atoms with Gasteiger partial charge in [-0.2, -0.15) is 11.3 Å². The van der Waals surface area contributed by atoms with E-state index in [9.17, 15) is 14.7 Å². The van der Waals surface area contributed by atoms with Crippen molar-refractivity contribution in [2.45, 2.75) is 12.8 Å². The number of nitrogens with zero attached hydrogens (tertiary/aromatic N) is 2. The molecule has 3 heterocycles. The minimum Gasteiger partial charge on any atom is -0.501 e. The maximum atomic E-state index is 12.3. The number of hydrogen-bond donors (Lipinski definition) is 2. The van der Waals surface area contributed by atoms with E-state index in [0.717, 1.165) is 5.56 Å². The van der Waals surface area contributed by atoms with E-state index in [0.29, 0.717) is 12.1 Å². The van der Waals surface area contributed by atoms with Crippen molar-refractivity contribution in [1.29, 1.82) is 0 Å². The number of aromatic hydroxyl groups is 1. The molecule has 0 radical (unpaired) electrons. The van der Waals surface area contributed by atoms with Gasteiger partial charge in [0.2, 0.25) is 5.75 Å². The van der Waals surface area contributed by atoms with Crippen LogP contribution in [-0.4, -0.2) is 25.8 Å². The van der Waals surface area contributed by atoms with E-state index >= 15 is 0 Å². The highest BCUT2D eigenvalue weighted by atomic mass is 32.1. The second kappa shape index (κ2) is 6.53. The Morgan fingerprint density at radius 1 is 1.30 bits per heavy atom. The van der Waals surface area contributed by atoms with Crippen LogP contribution in [0.15, 0.2) is 46.0 Å². The number of aryl methyl sites for hydroxylation is 1. The molecular formula is C16H13N3O3S. The number of carbonyl (C=O) groups excluding carboxylic acids is 1. The summed E-state index contributed by atoms with van der Waals surface area (Å²) in [6.07, 6.45) is 2.26. The lowest BCUT2D eigenvalue weighted by Crippen LogP contribution is -2.16. The standard InChI is InChI=1S/C16H13N3O3S/c20-12(5-4-10-6-8-23-9-10)13-14(21)16(22)19-15(18-13)11-3-1-2-7-17-11/h1-3,6-9,21H,4-5H2,(H,18,19,22). The maximum absolute atomic E-state index is 12.3. The summed E-state index contributed by atoms with van der Waals surface area (Å²) in [7, 11) is 0. The number of H-pyrrole nitrogens is 1. The van der Waals surface area contributed by atoms with Crippen LogP contribution in [0.4, 0.5) is 0 Å². The van der Waals surface area contributed by atoms with Gasteiger partial charge < -0.3 is 10.1 Å². The third-order valence-corrected chi connectivity index (χ3v) is 4.02. The van der Waals surface area contributed by atoms with Crippen LogP contribution in [-0.2, 0) is 6.42 Å². The zero-order chi connectivity index (χ0) is 16.2.